The molecule has 1 amide bonds. The van der Waals surface area contributed by atoms with Crippen LogP contribution < -0.4 is 4.90 Å². The van der Waals surface area contributed by atoms with Gasteiger partial charge in [-0.3, -0.25) is 14.9 Å². The highest BCUT2D eigenvalue weighted by Crippen LogP contribution is 2.18. The molecule has 1 aromatic heterocycles. The Morgan fingerprint density at radius 2 is 1.96 bits per heavy atom. The molecule has 1 saturated heterocycles. The van der Waals surface area contributed by atoms with E-state index < -0.39 is 4.92 Å². The molecule has 0 saturated carbocycles. The van der Waals surface area contributed by atoms with E-state index in [0.717, 1.165) is 0 Å². The van der Waals surface area contributed by atoms with Crippen LogP contribution in [0.3, 0.4) is 0 Å². The van der Waals surface area contributed by atoms with Crippen molar-refractivity contribution in [1.82, 2.24) is 14.9 Å². The summed E-state index contributed by atoms with van der Waals surface area (Å²) in [6, 6.07) is 7.50. The second kappa shape index (κ2) is 6.39. The fourth-order valence-electron chi connectivity index (χ4n) is 2.35. The second-order valence-electron chi connectivity index (χ2n) is 4.98. The van der Waals surface area contributed by atoms with Crippen LogP contribution in [-0.2, 0) is 0 Å². The van der Waals surface area contributed by atoms with Gasteiger partial charge in [-0.1, -0.05) is 6.07 Å². The molecular weight excluding hydrogens is 298 g/mol. The van der Waals surface area contributed by atoms with Crippen LogP contribution in [0.4, 0.5) is 11.6 Å². The largest absolute Gasteiger partial charge is 0.337 e. The van der Waals surface area contributed by atoms with Gasteiger partial charge in [0.05, 0.1) is 11.5 Å². The zero-order chi connectivity index (χ0) is 16.2. The van der Waals surface area contributed by atoms with Crippen LogP contribution in [0.2, 0.25) is 0 Å². The van der Waals surface area contributed by atoms with Gasteiger partial charge < -0.3 is 9.80 Å². The molecule has 0 unspecified atom stereocenters. The van der Waals surface area contributed by atoms with Crippen molar-refractivity contribution in [2.45, 2.75) is 0 Å². The van der Waals surface area contributed by atoms with Crippen molar-refractivity contribution in [3.8, 4) is 0 Å². The highest BCUT2D eigenvalue weighted by molar-refractivity contribution is 5.95. The van der Waals surface area contributed by atoms with Gasteiger partial charge >= 0.3 is 0 Å². The zero-order valence-electron chi connectivity index (χ0n) is 12.2. The van der Waals surface area contributed by atoms with Crippen molar-refractivity contribution in [3.05, 3.63) is 64.9 Å². The van der Waals surface area contributed by atoms with Crippen LogP contribution >= 0.6 is 0 Å². The minimum absolute atomic E-state index is 0.0906. The molecule has 0 atom stereocenters. The highest BCUT2D eigenvalue weighted by atomic mass is 16.6. The molecule has 0 spiro atoms. The number of benzene rings is 1. The molecule has 2 aromatic rings. The van der Waals surface area contributed by atoms with E-state index in [4.69, 9.17) is 0 Å². The number of rotatable bonds is 3. The Balaban J connectivity index is 1.66. The minimum atomic E-state index is -0.509. The molecule has 1 radical (unpaired) electrons. The molecule has 0 aliphatic carbocycles. The van der Waals surface area contributed by atoms with Crippen molar-refractivity contribution in [2.75, 3.05) is 24.5 Å². The summed E-state index contributed by atoms with van der Waals surface area (Å²) in [7, 11) is 0. The molecule has 1 aliphatic heterocycles. The molecule has 2 heterocycles. The lowest BCUT2D eigenvalue weighted by Gasteiger charge is -2.34. The summed E-state index contributed by atoms with van der Waals surface area (Å²) < 4.78 is 0. The molecule has 3 rings (SSSR count). The number of carbonyl (C=O) groups excluding carboxylic acids is 1. The lowest BCUT2D eigenvalue weighted by Crippen LogP contribution is -2.46. The molecule has 8 nitrogen and oxygen atoms in total. The SMILES string of the molecule is O=C(c1cccc([N+](=O)[O-])c1)N1[CH]CN(c2ncccn2)CC1. The van der Waals surface area contributed by atoms with Crippen molar-refractivity contribution in [3.63, 3.8) is 0 Å². The highest BCUT2D eigenvalue weighted by Gasteiger charge is 2.24. The molecular formula is C15H14N5O3. The van der Waals surface area contributed by atoms with Crippen LogP contribution in [0.15, 0.2) is 42.7 Å². The van der Waals surface area contributed by atoms with E-state index in [1.165, 1.54) is 18.2 Å². The summed E-state index contributed by atoms with van der Waals surface area (Å²) in [5.41, 5.74) is 0.215. The topological polar surface area (TPSA) is 92.5 Å². The number of amides is 1. The first-order chi connectivity index (χ1) is 11.1. The summed E-state index contributed by atoms with van der Waals surface area (Å²) in [6.07, 6.45) is 3.34. The van der Waals surface area contributed by atoms with Gasteiger partial charge in [0, 0.05) is 49.7 Å². The fraction of sp³-hybridized carbons (Fsp3) is 0.200. The van der Waals surface area contributed by atoms with E-state index in [0.29, 0.717) is 31.1 Å². The number of nitro benzene ring substituents is 1. The Labute approximate surface area is 132 Å². The maximum absolute atomic E-state index is 12.4. The fourth-order valence-corrected chi connectivity index (χ4v) is 2.35. The summed E-state index contributed by atoms with van der Waals surface area (Å²) in [5.74, 6) is 0.369. The molecule has 1 aliphatic rings. The van der Waals surface area contributed by atoms with Gasteiger partial charge in [0.2, 0.25) is 5.95 Å². The Kier molecular flexibility index (Phi) is 4.13. The predicted octanol–water partition coefficient (Wildman–Crippen LogP) is 1.51. The molecule has 1 fully saturated rings. The lowest BCUT2D eigenvalue weighted by atomic mass is 10.1. The van der Waals surface area contributed by atoms with Crippen molar-refractivity contribution in [2.24, 2.45) is 0 Å². The number of nitro groups is 1. The summed E-state index contributed by atoms with van der Waals surface area (Å²) in [4.78, 5) is 34.6. The van der Waals surface area contributed by atoms with Crippen molar-refractivity contribution in [1.29, 1.82) is 0 Å². The van der Waals surface area contributed by atoms with Gasteiger partial charge in [-0.25, -0.2) is 9.97 Å². The Bertz CT molecular complexity index is 714. The van der Waals surface area contributed by atoms with Gasteiger partial charge in [0.15, 0.2) is 0 Å². The minimum Gasteiger partial charge on any atom is -0.337 e. The van der Waals surface area contributed by atoms with E-state index in [9.17, 15) is 14.9 Å². The van der Waals surface area contributed by atoms with Crippen LogP contribution in [0, 0.1) is 16.7 Å². The standard InChI is InChI=1S/C15H14N5O3/c21-14(12-3-1-4-13(11-12)20(22)23)18-7-9-19(10-8-18)15-16-5-2-6-17-15/h1-7,11H,8-10H2. The maximum atomic E-state index is 12.4. The maximum Gasteiger partial charge on any atom is 0.270 e. The number of aromatic nitrogens is 2. The number of carbonyl (C=O) groups is 1. The number of non-ortho nitro benzene ring substituents is 1. The number of piperazine rings is 1. The quantitative estimate of drug-likeness (QED) is 0.630. The number of hydrogen-bond acceptors (Lipinski definition) is 6. The Morgan fingerprint density at radius 1 is 1.17 bits per heavy atom. The van der Waals surface area contributed by atoms with Crippen molar-refractivity contribution < 1.29 is 9.72 Å². The zero-order valence-corrected chi connectivity index (χ0v) is 12.2. The van der Waals surface area contributed by atoms with E-state index in [1.54, 1.807) is 36.0 Å². The van der Waals surface area contributed by atoms with Gasteiger partial charge in [-0.05, 0) is 12.1 Å². The summed E-state index contributed by atoms with van der Waals surface area (Å²) >= 11 is 0. The number of hydrogen-bond donors (Lipinski definition) is 0. The predicted molar refractivity (Wildman–Crippen MR) is 82.7 cm³/mol. The average Bonchev–Trinajstić information content (AvgIpc) is 2.62. The summed E-state index contributed by atoms with van der Waals surface area (Å²) in [5, 5.41) is 10.8. The van der Waals surface area contributed by atoms with Gasteiger partial charge in [-0.2, -0.15) is 0 Å². The molecule has 23 heavy (non-hydrogen) atoms. The first kappa shape index (κ1) is 14.9. The van der Waals surface area contributed by atoms with Gasteiger partial charge in [0.25, 0.3) is 11.6 Å². The summed E-state index contributed by atoms with van der Waals surface area (Å²) in [6.45, 7) is 3.33. The molecule has 8 heteroatoms. The number of nitrogens with zero attached hydrogens (tertiary/aromatic N) is 5. The van der Waals surface area contributed by atoms with E-state index in [-0.39, 0.29) is 11.6 Å². The first-order valence-corrected chi connectivity index (χ1v) is 7.06. The number of anilines is 1. The van der Waals surface area contributed by atoms with E-state index in [1.807, 2.05) is 4.90 Å². The second-order valence-corrected chi connectivity index (χ2v) is 4.98. The third kappa shape index (κ3) is 3.25. The van der Waals surface area contributed by atoms with Gasteiger partial charge in [-0.15, -0.1) is 0 Å². The molecule has 117 valence electrons. The molecule has 0 bridgehead atoms. The Morgan fingerprint density at radius 3 is 2.61 bits per heavy atom. The van der Waals surface area contributed by atoms with Crippen LogP contribution in [-0.4, -0.2) is 45.3 Å². The third-order valence-corrected chi connectivity index (χ3v) is 3.53. The smallest absolute Gasteiger partial charge is 0.270 e. The molecule has 0 N–H and O–H groups in total. The average molecular weight is 312 g/mol. The van der Waals surface area contributed by atoms with E-state index >= 15 is 0 Å². The van der Waals surface area contributed by atoms with Crippen LogP contribution in [0.1, 0.15) is 10.4 Å². The van der Waals surface area contributed by atoms with Crippen LogP contribution in [0.5, 0.6) is 0 Å². The normalized spacial score (nSPS) is 14.6. The first-order valence-electron chi connectivity index (χ1n) is 7.06. The molecule has 1 aromatic carbocycles. The van der Waals surface area contributed by atoms with Gasteiger partial charge in [0.1, 0.15) is 0 Å². The van der Waals surface area contributed by atoms with E-state index in [2.05, 4.69) is 9.97 Å². The Hall–Kier alpha value is -3.03. The van der Waals surface area contributed by atoms with Crippen molar-refractivity contribution >= 4 is 17.5 Å². The van der Waals surface area contributed by atoms with Crippen LogP contribution in [0.25, 0.3) is 0 Å². The lowest BCUT2D eigenvalue weighted by molar-refractivity contribution is -0.384. The third-order valence-electron chi connectivity index (χ3n) is 3.53. The monoisotopic (exact) mass is 312 g/mol.